The molecular formula is C23H30F3N3O4. The third kappa shape index (κ3) is 7.03. The minimum atomic E-state index is -4.75. The number of rotatable bonds is 5. The van der Waals surface area contributed by atoms with Gasteiger partial charge >= 0.3 is 12.5 Å². The van der Waals surface area contributed by atoms with Crippen molar-refractivity contribution in [2.24, 2.45) is 0 Å². The Morgan fingerprint density at radius 1 is 1.06 bits per heavy atom. The number of benzene rings is 1. The topological polar surface area (TPSA) is 65.8 Å². The number of aromatic nitrogens is 2. The molecule has 1 aliphatic rings. The molecule has 2 aromatic rings. The molecule has 1 aromatic carbocycles. The highest BCUT2D eigenvalue weighted by Gasteiger charge is 2.31. The van der Waals surface area contributed by atoms with Crippen LogP contribution in [0, 0.1) is 0 Å². The van der Waals surface area contributed by atoms with Crippen LogP contribution in [0.5, 0.6) is 17.4 Å². The van der Waals surface area contributed by atoms with Crippen LogP contribution in [0.1, 0.15) is 65.0 Å². The quantitative estimate of drug-likeness (QED) is 0.516. The molecule has 0 aliphatic carbocycles. The number of hydrogen-bond acceptors (Lipinski definition) is 5. The van der Waals surface area contributed by atoms with E-state index in [1.54, 1.807) is 4.90 Å². The van der Waals surface area contributed by atoms with Gasteiger partial charge in [-0.3, -0.25) is 4.68 Å². The van der Waals surface area contributed by atoms with Gasteiger partial charge in [-0.15, -0.1) is 18.3 Å². The second-order valence-corrected chi connectivity index (χ2v) is 9.34. The first-order chi connectivity index (χ1) is 15.3. The Hall–Kier alpha value is -2.91. The first-order valence-electron chi connectivity index (χ1n) is 10.9. The maximum Gasteiger partial charge on any atom is 0.573 e. The molecule has 10 heteroatoms. The van der Waals surface area contributed by atoms with Crippen molar-refractivity contribution in [2.75, 3.05) is 13.1 Å². The van der Waals surface area contributed by atoms with Crippen molar-refractivity contribution in [1.82, 2.24) is 14.7 Å². The fourth-order valence-corrected chi connectivity index (χ4v) is 3.51. The van der Waals surface area contributed by atoms with Gasteiger partial charge in [-0.2, -0.15) is 0 Å². The summed E-state index contributed by atoms with van der Waals surface area (Å²) in [4.78, 5) is 14.0. The fourth-order valence-electron chi connectivity index (χ4n) is 3.51. The van der Waals surface area contributed by atoms with E-state index in [1.807, 2.05) is 45.5 Å². The minimum absolute atomic E-state index is 0.0982. The van der Waals surface area contributed by atoms with Crippen molar-refractivity contribution in [3.63, 3.8) is 0 Å². The van der Waals surface area contributed by atoms with E-state index in [2.05, 4.69) is 9.84 Å². The number of amides is 1. The lowest BCUT2D eigenvalue weighted by molar-refractivity contribution is -0.274. The van der Waals surface area contributed by atoms with Gasteiger partial charge in [-0.05, 0) is 63.8 Å². The molecule has 2 heterocycles. The number of piperidine rings is 1. The second-order valence-electron chi connectivity index (χ2n) is 9.34. The number of halogens is 3. The van der Waals surface area contributed by atoms with Gasteiger partial charge in [0.2, 0.25) is 5.88 Å². The van der Waals surface area contributed by atoms with E-state index in [4.69, 9.17) is 9.47 Å². The van der Waals surface area contributed by atoms with Crippen molar-refractivity contribution >= 4 is 6.09 Å². The molecule has 7 nitrogen and oxygen atoms in total. The molecule has 0 spiro atoms. The summed E-state index contributed by atoms with van der Waals surface area (Å²) < 4.78 is 54.2. The van der Waals surface area contributed by atoms with Gasteiger partial charge in [0.15, 0.2) is 0 Å². The Morgan fingerprint density at radius 2 is 1.64 bits per heavy atom. The molecule has 33 heavy (non-hydrogen) atoms. The average Bonchev–Trinajstić information content (AvgIpc) is 3.11. The van der Waals surface area contributed by atoms with Gasteiger partial charge in [0.25, 0.3) is 0 Å². The molecule has 1 amide bonds. The van der Waals surface area contributed by atoms with Crippen LogP contribution in [-0.2, 0) is 4.74 Å². The summed E-state index contributed by atoms with van der Waals surface area (Å²) in [5, 5.41) is 4.61. The summed E-state index contributed by atoms with van der Waals surface area (Å²) in [6.07, 6.45) is -1.67. The summed E-state index contributed by atoms with van der Waals surface area (Å²) >= 11 is 0. The van der Waals surface area contributed by atoms with E-state index >= 15 is 0 Å². The van der Waals surface area contributed by atoms with E-state index < -0.39 is 12.0 Å². The molecule has 0 N–H and O–H groups in total. The molecule has 0 radical (unpaired) electrons. The average molecular weight is 470 g/mol. The van der Waals surface area contributed by atoms with Crippen molar-refractivity contribution in [3.8, 4) is 17.4 Å². The molecule has 1 saturated heterocycles. The lowest BCUT2D eigenvalue weighted by atomic mass is 10.0. The lowest BCUT2D eigenvalue weighted by Gasteiger charge is -2.33. The molecule has 0 bridgehead atoms. The van der Waals surface area contributed by atoms with Gasteiger partial charge in [-0.1, -0.05) is 13.8 Å². The first-order valence-corrected chi connectivity index (χ1v) is 10.9. The van der Waals surface area contributed by atoms with E-state index in [1.165, 1.54) is 24.3 Å². The second kappa shape index (κ2) is 9.52. The standard InChI is InChI=1S/C23H30F3N3O4/c1-15(2)19-14-29(16-10-12-28(13-11-16)21(30)33-22(3,4)5)27-20(19)31-17-6-8-18(9-7-17)32-23(24,25)26/h6-9,14-16H,10-13H2,1-5H3. The minimum Gasteiger partial charge on any atom is -0.444 e. The predicted molar refractivity (Wildman–Crippen MR) is 116 cm³/mol. The van der Waals surface area contributed by atoms with Gasteiger partial charge in [0.1, 0.15) is 17.1 Å². The summed E-state index contributed by atoms with van der Waals surface area (Å²) in [6.45, 7) is 10.7. The van der Waals surface area contributed by atoms with E-state index in [0.29, 0.717) is 24.7 Å². The molecule has 1 aromatic heterocycles. The van der Waals surface area contributed by atoms with Crippen LogP contribution < -0.4 is 9.47 Å². The number of carbonyl (C=O) groups is 1. The number of carbonyl (C=O) groups excluding carboxylic acids is 1. The normalized spacial score (nSPS) is 15.6. The van der Waals surface area contributed by atoms with Gasteiger partial charge in [0, 0.05) is 24.8 Å². The smallest absolute Gasteiger partial charge is 0.444 e. The van der Waals surface area contributed by atoms with Gasteiger partial charge in [-0.25, -0.2) is 4.79 Å². The summed E-state index contributed by atoms with van der Waals surface area (Å²) in [5.41, 5.74) is 0.353. The Balaban J connectivity index is 1.67. The number of nitrogens with zero attached hydrogens (tertiary/aromatic N) is 3. The maximum atomic E-state index is 12.4. The van der Waals surface area contributed by atoms with Crippen LogP contribution in [0.2, 0.25) is 0 Å². The summed E-state index contributed by atoms with van der Waals surface area (Å²) in [6, 6.07) is 5.30. The van der Waals surface area contributed by atoms with E-state index in [9.17, 15) is 18.0 Å². The molecule has 0 atom stereocenters. The molecule has 3 rings (SSSR count). The number of likely N-dealkylation sites (tertiary alicyclic amines) is 1. The van der Waals surface area contributed by atoms with Crippen LogP contribution in [-0.4, -0.2) is 45.8 Å². The Morgan fingerprint density at radius 3 is 2.15 bits per heavy atom. The summed E-state index contributed by atoms with van der Waals surface area (Å²) in [5.74, 6) is 0.574. The zero-order valence-electron chi connectivity index (χ0n) is 19.5. The maximum absolute atomic E-state index is 12.4. The van der Waals surface area contributed by atoms with Crippen molar-refractivity contribution in [1.29, 1.82) is 0 Å². The molecule has 1 aliphatic heterocycles. The number of hydrogen-bond donors (Lipinski definition) is 0. The van der Waals surface area contributed by atoms with Crippen molar-refractivity contribution < 1.29 is 32.2 Å². The number of alkyl halides is 3. The van der Waals surface area contributed by atoms with Crippen LogP contribution >= 0.6 is 0 Å². The predicted octanol–water partition coefficient (Wildman–Crippen LogP) is 6.27. The van der Waals surface area contributed by atoms with Crippen LogP contribution in [0.15, 0.2) is 30.5 Å². The number of ether oxygens (including phenoxy) is 3. The largest absolute Gasteiger partial charge is 0.573 e. The molecule has 0 unspecified atom stereocenters. The van der Waals surface area contributed by atoms with Crippen LogP contribution in [0.3, 0.4) is 0 Å². The highest BCUT2D eigenvalue weighted by molar-refractivity contribution is 5.68. The van der Waals surface area contributed by atoms with Crippen molar-refractivity contribution in [2.45, 2.75) is 71.4 Å². The zero-order chi connectivity index (χ0) is 24.4. The molecule has 1 fully saturated rings. The highest BCUT2D eigenvalue weighted by Crippen LogP contribution is 2.33. The van der Waals surface area contributed by atoms with Crippen molar-refractivity contribution in [3.05, 3.63) is 36.0 Å². The first kappa shape index (κ1) is 24.7. The Labute approximate surface area is 191 Å². The third-order valence-electron chi connectivity index (χ3n) is 5.11. The molecule has 182 valence electrons. The van der Waals surface area contributed by atoms with Crippen LogP contribution in [0.25, 0.3) is 0 Å². The van der Waals surface area contributed by atoms with Crippen LogP contribution in [0.4, 0.5) is 18.0 Å². The monoisotopic (exact) mass is 469 g/mol. The molecular weight excluding hydrogens is 439 g/mol. The summed E-state index contributed by atoms with van der Waals surface area (Å²) in [7, 11) is 0. The highest BCUT2D eigenvalue weighted by atomic mass is 19.4. The Kier molecular flexibility index (Phi) is 7.14. The fraction of sp³-hybridized carbons (Fsp3) is 0.565. The van der Waals surface area contributed by atoms with Gasteiger partial charge in [0.05, 0.1) is 6.04 Å². The van der Waals surface area contributed by atoms with Gasteiger partial charge < -0.3 is 19.1 Å². The Bertz CT molecular complexity index is 941. The third-order valence-corrected chi connectivity index (χ3v) is 5.11. The SMILES string of the molecule is CC(C)c1cn(C2CCN(C(=O)OC(C)(C)C)CC2)nc1Oc1ccc(OC(F)(F)F)cc1. The zero-order valence-corrected chi connectivity index (χ0v) is 19.5. The molecule has 0 saturated carbocycles. The van der Waals surface area contributed by atoms with E-state index in [0.717, 1.165) is 18.4 Å². The lowest BCUT2D eigenvalue weighted by Crippen LogP contribution is -2.42. The van der Waals surface area contributed by atoms with E-state index in [-0.39, 0.29) is 23.8 Å².